The number of hydrogen-bond acceptors (Lipinski definition) is 4. The van der Waals surface area contributed by atoms with E-state index in [0.29, 0.717) is 24.6 Å². The van der Waals surface area contributed by atoms with Gasteiger partial charge in [0.2, 0.25) is 5.88 Å². The quantitative estimate of drug-likeness (QED) is 0.747. The zero-order chi connectivity index (χ0) is 13.7. The Morgan fingerprint density at radius 1 is 1.37 bits per heavy atom. The number of H-pyrrole nitrogens is 1. The topological polar surface area (TPSA) is 88.1 Å². The largest absolute Gasteiger partial charge is 0.481 e. The molecule has 0 bridgehead atoms. The second-order valence-corrected chi connectivity index (χ2v) is 4.24. The van der Waals surface area contributed by atoms with Crippen LogP contribution in [0.4, 0.5) is 0 Å². The molecular formula is C13H17N3O3. The molecule has 19 heavy (non-hydrogen) atoms. The lowest BCUT2D eigenvalue weighted by atomic mass is 10.2. The van der Waals surface area contributed by atoms with E-state index in [1.165, 1.54) is 0 Å². The fourth-order valence-electron chi connectivity index (χ4n) is 1.84. The number of hydrogen-bond donors (Lipinski definition) is 2. The average molecular weight is 263 g/mol. The van der Waals surface area contributed by atoms with Crippen LogP contribution in [0, 0.1) is 0 Å². The van der Waals surface area contributed by atoms with Gasteiger partial charge in [-0.3, -0.25) is 4.79 Å². The highest BCUT2D eigenvalue weighted by Crippen LogP contribution is 2.15. The fourth-order valence-corrected chi connectivity index (χ4v) is 1.84. The predicted molar refractivity (Wildman–Crippen MR) is 70.2 cm³/mol. The summed E-state index contributed by atoms with van der Waals surface area (Å²) in [5.74, 6) is 0.646. The van der Waals surface area contributed by atoms with Crippen molar-refractivity contribution in [2.24, 2.45) is 0 Å². The van der Waals surface area contributed by atoms with Gasteiger partial charge in [0, 0.05) is 18.9 Å². The number of aromatic amines is 1. The van der Waals surface area contributed by atoms with Gasteiger partial charge < -0.3 is 14.8 Å². The molecule has 2 heterocycles. The maximum absolute atomic E-state index is 10.4. The number of aliphatic carboxylic acids is 1. The summed E-state index contributed by atoms with van der Waals surface area (Å²) in [6.45, 7) is 2.48. The standard InChI is InChI=1S/C13H17N3O3/c1-2-19-11-8-7-9-13(16-11)15-10(14-9)5-3-4-6-12(17)18/h7-8H,2-6H2,1H3,(H,17,18)(H,14,15,16). The molecule has 2 rings (SSSR count). The third-order valence-corrected chi connectivity index (χ3v) is 2.72. The van der Waals surface area contributed by atoms with Crippen molar-refractivity contribution >= 4 is 17.1 Å². The Morgan fingerprint density at radius 2 is 2.21 bits per heavy atom. The molecule has 2 N–H and O–H groups in total. The number of nitrogens with one attached hydrogen (secondary N) is 1. The number of carboxylic acids is 1. The van der Waals surface area contributed by atoms with Gasteiger partial charge in [0.25, 0.3) is 0 Å². The summed E-state index contributed by atoms with van der Waals surface area (Å²) in [4.78, 5) is 22.2. The number of ether oxygens (including phenoxy) is 1. The summed E-state index contributed by atoms with van der Waals surface area (Å²) in [6, 6.07) is 3.69. The summed E-state index contributed by atoms with van der Waals surface area (Å²) < 4.78 is 5.32. The van der Waals surface area contributed by atoms with E-state index in [9.17, 15) is 4.79 Å². The maximum atomic E-state index is 10.4. The number of carbonyl (C=O) groups is 1. The van der Waals surface area contributed by atoms with E-state index >= 15 is 0 Å². The molecule has 2 aromatic rings. The van der Waals surface area contributed by atoms with Crippen LogP contribution in [0.3, 0.4) is 0 Å². The van der Waals surface area contributed by atoms with Crippen molar-refractivity contribution in [2.75, 3.05) is 6.61 Å². The highest BCUT2D eigenvalue weighted by molar-refractivity contribution is 5.71. The molecule has 0 atom stereocenters. The second kappa shape index (κ2) is 6.17. The molecule has 6 heteroatoms. The molecule has 0 aliphatic carbocycles. The first-order valence-electron chi connectivity index (χ1n) is 6.39. The van der Waals surface area contributed by atoms with Crippen LogP contribution in [-0.4, -0.2) is 32.6 Å². The van der Waals surface area contributed by atoms with Crippen molar-refractivity contribution in [3.8, 4) is 5.88 Å². The van der Waals surface area contributed by atoms with Gasteiger partial charge in [-0.2, -0.15) is 4.98 Å². The second-order valence-electron chi connectivity index (χ2n) is 4.24. The Kier molecular flexibility index (Phi) is 4.33. The molecule has 0 unspecified atom stereocenters. The molecule has 2 aromatic heterocycles. The van der Waals surface area contributed by atoms with Crippen LogP contribution in [0.25, 0.3) is 11.2 Å². The first-order chi connectivity index (χ1) is 9.19. The van der Waals surface area contributed by atoms with E-state index in [2.05, 4.69) is 15.0 Å². The number of imidazole rings is 1. The first-order valence-corrected chi connectivity index (χ1v) is 6.39. The van der Waals surface area contributed by atoms with Gasteiger partial charge in [-0.15, -0.1) is 0 Å². The van der Waals surface area contributed by atoms with Gasteiger partial charge in [0.1, 0.15) is 5.82 Å². The number of carboxylic acid groups (broad SMARTS) is 1. The normalized spacial score (nSPS) is 10.8. The van der Waals surface area contributed by atoms with Gasteiger partial charge >= 0.3 is 5.97 Å². The van der Waals surface area contributed by atoms with Gasteiger partial charge in [-0.25, -0.2) is 4.98 Å². The van der Waals surface area contributed by atoms with E-state index in [0.717, 1.165) is 24.2 Å². The number of rotatable bonds is 7. The first kappa shape index (κ1) is 13.3. The van der Waals surface area contributed by atoms with E-state index < -0.39 is 5.97 Å². The molecule has 0 amide bonds. The lowest BCUT2D eigenvalue weighted by molar-refractivity contribution is -0.137. The number of fused-ring (bicyclic) bond motifs is 1. The van der Waals surface area contributed by atoms with Crippen LogP contribution in [0.5, 0.6) is 5.88 Å². The monoisotopic (exact) mass is 263 g/mol. The van der Waals surface area contributed by atoms with Crippen LogP contribution in [0.2, 0.25) is 0 Å². The van der Waals surface area contributed by atoms with Gasteiger partial charge in [0.05, 0.1) is 12.1 Å². The van der Waals surface area contributed by atoms with Crippen LogP contribution < -0.4 is 4.74 Å². The highest BCUT2D eigenvalue weighted by atomic mass is 16.5. The molecule has 6 nitrogen and oxygen atoms in total. The molecule has 0 saturated carbocycles. The van der Waals surface area contributed by atoms with Crippen molar-refractivity contribution in [1.29, 1.82) is 0 Å². The number of aromatic nitrogens is 3. The summed E-state index contributed by atoms with van der Waals surface area (Å²) >= 11 is 0. The third-order valence-electron chi connectivity index (χ3n) is 2.72. The van der Waals surface area contributed by atoms with Crippen molar-refractivity contribution < 1.29 is 14.6 Å². The van der Waals surface area contributed by atoms with Crippen LogP contribution in [0.1, 0.15) is 32.0 Å². The summed E-state index contributed by atoms with van der Waals surface area (Å²) in [5, 5.41) is 8.56. The molecule has 0 spiro atoms. The van der Waals surface area contributed by atoms with Crippen molar-refractivity contribution in [1.82, 2.24) is 15.0 Å². The van der Waals surface area contributed by atoms with Crippen LogP contribution in [-0.2, 0) is 11.2 Å². The highest BCUT2D eigenvalue weighted by Gasteiger charge is 2.06. The van der Waals surface area contributed by atoms with Gasteiger partial charge in [0.15, 0.2) is 5.65 Å². The maximum Gasteiger partial charge on any atom is 0.303 e. The zero-order valence-corrected chi connectivity index (χ0v) is 10.8. The van der Waals surface area contributed by atoms with Crippen molar-refractivity contribution in [2.45, 2.75) is 32.6 Å². The average Bonchev–Trinajstić information content (AvgIpc) is 2.77. The Hall–Kier alpha value is -2.11. The van der Waals surface area contributed by atoms with Crippen molar-refractivity contribution in [3.05, 3.63) is 18.0 Å². The molecule has 0 aliphatic rings. The zero-order valence-electron chi connectivity index (χ0n) is 10.8. The number of nitrogens with zero attached hydrogens (tertiary/aromatic N) is 2. The Labute approximate surface area is 110 Å². The fraction of sp³-hybridized carbons (Fsp3) is 0.462. The summed E-state index contributed by atoms with van der Waals surface area (Å²) in [5.41, 5.74) is 1.51. The Bertz CT molecular complexity index is 565. The smallest absolute Gasteiger partial charge is 0.303 e. The number of unbranched alkanes of at least 4 members (excludes halogenated alkanes) is 1. The molecule has 102 valence electrons. The molecule has 0 saturated heterocycles. The minimum absolute atomic E-state index is 0.201. The Balaban J connectivity index is 1.98. The minimum atomic E-state index is -0.757. The lowest BCUT2D eigenvalue weighted by Gasteiger charge is -1.99. The minimum Gasteiger partial charge on any atom is -0.481 e. The number of pyridine rings is 1. The van der Waals surface area contributed by atoms with Crippen LogP contribution in [0.15, 0.2) is 12.1 Å². The SMILES string of the molecule is CCOc1ccc2[nH]c(CCCCC(=O)O)nc2n1. The summed E-state index contributed by atoms with van der Waals surface area (Å²) in [6.07, 6.45) is 2.38. The lowest BCUT2D eigenvalue weighted by Crippen LogP contribution is -1.95. The van der Waals surface area contributed by atoms with Gasteiger partial charge in [-0.1, -0.05) is 0 Å². The Morgan fingerprint density at radius 3 is 2.95 bits per heavy atom. The molecule has 0 radical (unpaired) electrons. The third kappa shape index (κ3) is 3.67. The van der Waals surface area contributed by atoms with Crippen molar-refractivity contribution in [3.63, 3.8) is 0 Å². The van der Waals surface area contributed by atoms with Gasteiger partial charge in [-0.05, 0) is 25.8 Å². The van der Waals surface area contributed by atoms with E-state index in [-0.39, 0.29) is 6.42 Å². The van der Waals surface area contributed by atoms with Crippen LogP contribution >= 0.6 is 0 Å². The predicted octanol–water partition coefficient (Wildman–Crippen LogP) is 2.15. The molecule has 0 aliphatic heterocycles. The molecule has 0 fully saturated rings. The van der Waals surface area contributed by atoms with E-state index in [1.807, 2.05) is 13.0 Å². The summed E-state index contributed by atoms with van der Waals surface area (Å²) in [7, 11) is 0. The molecular weight excluding hydrogens is 246 g/mol. The van der Waals surface area contributed by atoms with E-state index in [1.54, 1.807) is 6.07 Å². The number of aryl methyl sites for hydroxylation is 1. The molecule has 0 aromatic carbocycles. The van der Waals surface area contributed by atoms with E-state index in [4.69, 9.17) is 9.84 Å².